The van der Waals surface area contributed by atoms with Crippen LogP contribution in [0.25, 0.3) is 0 Å². The maximum absolute atomic E-state index is 11.8. The Hall–Kier alpha value is -1.80. The van der Waals surface area contributed by atoms with Gasteiger partial charge < -0.3 is 26.2 Å². The molecule has 0 unspecified atom stereocenters. The summed E-state index contributed by atoms with van der Waals surface area (Å²) >= 11 is 0. The van der Waals surface area contributed by atoms with Crippen molar-refractivity contribution in [1.29, 1.82) is 0 Å². The van der Waals surface area contributed by atoms with Crippen molar-refractivity contribution in [2.24, 2.45) is 0 Å². The van der Waals surface area contributed by atoms with Crippen LogP contribution in [0.1, 0.15) is 20.8 Å². The number of fused-ring (bicyclic) bond motifs is 1. The lowest BCUT2D eigenvalue weighted by molar-refractivity contribution is 0.0214. The normalized spacial score (nSPS) is 19.4. The van der Waals surface area contributed by atoms with E-state index in [9.17, 15) is 15.0 Å². The van der Waals surface area contributed by atoms with Gasteiger partial charge in [-0.3, -0.25) is 9.78 Å². The quantitative estimate of drug-likeness (QED) is 0.454. The highest BCUT2D eigenvalue weighted by Gasteiger charge is 2.29. The molecule has 3 atom stereocenters. The van der Waals surface area contributed by atoms with E-state index in [-0.39, 0.29) is 11.2 Å². The Kier molecular flexibility index (Phi) is 5.78. The van der Waals surface area contributed by atoms with E-state index in [2.05, 4.69) is 25.9 Å². The van der Waals surface area contributed by atoms with Gasteiger partial charge in [0.25, 0.3) is 5.56 Å². The summed E-state index contributed by atoms with van der Waals surface area (Å²) in [5, 5.41) is 27.7. The summed E-state index contributed by atoms with van der Waals surface area (Å²) in [4.78, 5) is 18.5. The van der Waals surface area contributed by atoms with Crippen molar-refractivity contribution in [3.05, 3.63) is 10.4 Å². The molecule has 0 aliphatic carbocycles. The number of aliphatic hydroxyl groups is 2. The van der Waals surface area contributed by atoms with Crippen LogP contribution in [-0.4, -0.2) is 52.0 Å². The molecular weight excluding hydrogens is 262 g/mol. The van der Waals surface area contributed by atoms with Gasteiger partial charge in [-0.1, -0.05) is 13.8 Å². The molecule has 20 heavy (non-hydrogen) atoms. The van der Waals surface area contributed by atoms with E-state index in [1.165, 1.54) is 6.92 Å². The van der Waals surface area contributed by atoms with Crippen molar-refractivity contribution in [2.45, 2.75) is 39.0 Å². The number of aliphatic hydroxyl groups excluding tert-OH is 2. The first-order chi connectivity index (χ1) is 9.52. The average Bonchev–Trinajstić information content (AvgIpc) is 2.48. The number of aromatic nitrogens is 2. The summed E-state index contributed by atoms with van der Waals surface area (Å²) in [7, 11) is 1.65. The van der Waals surface area contributed by atoms with E-state index >= 15 is 0 Å². The first kappa shape index (κ1) is 16.3. The second-order valence-electron chi connectivity index (χ2n) is 4.25. The molecule has 0 saturated heterocycles. The maximum Gasteiger partial charge on any atom is 0.277 e. The number of aromatic amines is 1. The third kappa shape index (κ3) is 3.40. The fraction of sp³-hybridized carbons (Fsp3) is 0.667. The van der Waals surface area contributed by atoms with Crippen molar-refractivity contribution >= 4 is 17.5 Å². The molecule has 2 rings (SSSR count). The van der Waals surface area contributed by atoms with Crippen LogP contribution in [0, 0.1) is 0 Å². The average molecular weight is 285 g/mol. The molecule has 0 fully saturated rings. The van der Waals surface area contributed by atoms with E-state index in [0.717, 1.165) is 0 Å². The summed E-state index contributed by atoms with van der Waals surface area (Å²) in [5.74, 6) is 0.791. The molecule has 0 aromatic carbocycles. The minimum absolute atomic E-state index is 0.268. The number of nitrogens with zero attached hydrogens (tertiary/aromatic N) is 1. The van der Waals surface area contributed by atoms with Gasteiger partial charge in [0.1, 0.15) is 11.8 Å². The van der Waals surface area contributed by atoms with Crippen molar-refractivity contribution in [3.63, 3.8) is 0 Å². The molecule has 0 radical (unpaired) electrons. The zero-order valence-electron chi connectivity index (χ0n) is 12.2. The number of hydrogen-bond donors (Lipinski definition) is 6. The van der Waals surface area contributed by atoms with E-state index in [0.29, 0.717) is 18.3 Å². The van der Waals surface area contributed by atoms with Gasteiger partial charge >= 0.3 is 0 Å². The van der Waals surface area contributed by atoms with Gasteiger partial charge in [-0.2, -0.15) is 4.98 Å². The Bertz CT molecular complexity index is 488. The van der Waals surface area contributed by atoms with Gasteiger partial charge in [0.15, 0.2) is 5.82 Å². The van der Waals surface area contributed by atoms with Crippen LogP contribution in [0.2, 0.25) is 0 Å². The molecule has 114 valence electrons. The van der Waals surface area contributed by atoms with Gasteiger partial charge in [0.2, 0.25) is 5.95 Å². The Morgan fingerprint density at radius 2 is 2.05 bits per heavy atom. The fourth-order valence-corrected chi connectivity index (χ4v) is 1.84. The molecule has 1 aliphatic heterocycles. The molecule has 2 heterocycles. The Morgan fingerprint density at radius 1 is 1.40 bits per heavy atom. The third-order valence-electron chi connectivity index (χ3n) is 2.88. The summed E-state index contributed by atoms with van der Waals surface area (Å²) in [6.07, 6.45) is -1.84. The molecule has 1 aromatic heterocycles. The second-order valence-corrected chi connectivity index (χ2v) is 4.25. The number of H-pyrrole nitrogens is 1. The molecule has 8 nitrogen and oxygen atoms in total. The van der Waals surface area contributed by atoms with Crippen molar-refractivity contribution < 1.29 is 10.2 Å². The zero-order valence-corrected chi connectivity index (χ0v) is 12.2. The van der Waals surface area contributed by atoms with E-state index in [4.69, 9.17) is 0 Å². The summed E-state index contributed by atoms with van der Waals surface area (Å²) in [6, 6.07) is -0.444. The molecule has 1 aliphatic rings. The molecule has 0 spiro atoms. The monoisotopic (exact) mass is 285 g/mol. The molecule has 6 N–H and O–H groups in total. The minimum Gasteiger partial charge on any atom is -0.391 e. The molecule has 1 aromatic rings. The minimum atomic E-state index is -0.964. The highest BCUT2D eigenvalue weighted by atomic mass is 16.3. The van der Waals surface area contributed by atoms with Crippen LogP contribution >= 0.6 is 0 Å². The Balaban J connectivity index is 0.000000956. The van der Waals surface area contributed by atoms with Crippen LogP contribution in [-0.2, 0) is 0 Å². The third-order valence-corrected chi connectivity index (χ3v) is 2.88. The summed E-state index contributed by atoms with van der Waals surface area (Å²) < 4.78 is 0. The molecule has 0 bridgehead atoms. The molecule has 0 saturated carbocycles. The molecular formula is C12H23N5O3. The van der Waals surface area contributed by atoms with E-state index < -0.39 is 18.2 Å². The first-order valence-corrected chi connectivity index (χ1v) is 6.71. The van der Waals surface area contributed by atoms with Gasteiger partial charge in [-0.25, -0.2) is 0 Å². The van der Waals surface area contributed by atoms with Crippen molar-refractivity contribution in [1.82, 2.24) is 9.97 Å². The summed E-state index contributed by atoms with van der Waals surface area (Å²) in [5.41, 5.74) is -0.0655. The smallest absolute Gasteiger partial charge is 0.277 e. The Labute approximate surface area is 117 Å². The zero-order chi connectivity index (χ0) is 15.3. The van der Waals surface area contributed by atoms with Crippen molar-refractivity contribution in [2.75, 3.05) is 29.5 Å². The fourth-order valence-electron chi connectivity index (χ4n) is 1.84. The van der Waals surface area contributed by atoms with E-state index in [1.807, 2.05) is 13.8 Å². The molecule has 8 heteroatoms. The van der Waals surface area contributed by atoms with Crippen molar-refractivity contribution in [3.8, 4) is 0 Å². The lowest BCUT2D eigenvalue weighted by atomic mass is 10.0. The number of hydrogen-bond acceptors (Lipinski definition) is 7. The standard InChI is InChI=1S/C10H17N5O3.C2H6/c1-4(16)7(17)5-3-12-8-6(13-5)9(18)15-10(11-2)14-8;1-2/h4-5,7,13,16-17H,3H2,1-2H3,(H3,11,12,14,15,18);1-2H3/t4-,5+,7-;/m0./s1. The summed E-state index contributed by atoms with van der Waals surface area (Å²) in [6.45, 7) is 5.87. The van der Waals surface area contributed by atoms with Gasteiger partial charge in [-0.15, -0.1) is 0 Å². The lowest BCUT2D eigenvalue weighted by Gasteiger charge is -2.31. The van der Waals surface area contributed by atoms with Gasteiger partial charge in [0.05, 0.1) is 12.1 Å². The van der Waals surface area contributed by atoms with Crippen LogP contribution in [0.3, 0.4) is 0 Å². The highest BCUT2D eigenvalue weighted by Crippen LogP contribution is 2.22. The SMILES string of the molecule is CC.CNc1nc2c(c(=O)[nH]1)N[C@@H]([C@@H](O)[C@H](C)O)CN2. The van der Waals surface area contributed by atoms with E-state index in [1.54, 1.807) is 7.05 Å². The topological polar surface area (TPSA) is 122 Å². The largest absolute Gasteiger partial charge is 0.391 e. The Morgan fingerprint density at radius 3 is 2.60 bits per heavy atom. The number of anilines is 3. The predicted molar refractivity (Wildman–Crippen MR) is 79.3 cm³/mol. The van der Waals surface area contributed by atoms with Gasteiger partial charge in [0, 0.05) is 13.6 Å². The van der Waals surface area contributed by atoms with Gasteiger partial charge in [-0.05, 0) is 6.92 Å². The lowest BCUT2D eigenvalue weighted by Crippen LogP contribution is -2.48. The first-order valence-electron chi connectivity index (χ1n) is 6.71. The van der Waals surface area contributed by atoms with Crippen LogP contribution in [0.15, 0.2) is 4.79 Å². The second kappa shape index (κ2) is 7.11. The van der Waals surface area contributed by atoms with Crippen LogP contribution in [0.4, 0.5) is 17.5 Å². The number of nitrogens with one attached hydrogen (secondary N) is 4. The van der Waals surface area contributed by atoms with Crippen LogP contribution < -0.4 is 21.5 Å². The molecule has 0 amide bonds. The highest BCUT2D eigenvalue weighted by molar-refractivity contribution is 5.67. The predicted octanol–water partition coefficient (Wildman–Crippen LogP) is -0.214. The number of rotatable bonds is 3. The maximum atomic E-state index is 11.8. The van der Waals surface area contributed by atoms with Crippen LogP contribution in [0.5, 0.6) is 0 Å².